The highest BCUT2D eigenvalue weighted by Crippen LogP contribution is 2.37. The highest BCUT2D eigenvalue weighted by Gasteiger charge is 2.27. The molecule has 2 aliphatic rings. The van der Waals surface area contributed by atoms with Gasteiger partial charge in [-0.3, -0.25) is 4.79 Å². The van der Waals surface area contributed by atoms with Crippen molar-refractivity contribution in [3.05, 3.63) is 39.6 Å². The molecule has 0 bridgehead atoms. The minimum atomic E-state index is -0.208. The zero-order valence-corrected chi connectivity index (χ0v) is 25.7. The number of nitrogens with one attached hydrogen (secondary N) is 2. The summed E-state index contributed by atoms with van der Waals surface area (Å²) in [5.74, 6) is 2.54. The van der Waals surface area contributed by atoms with E-state index in [4.69, 9.17) is 37.7 Å². The van der Waals surface area contributed by atoms with Gasteiger partial charge in [0.05, 0.1) is 46.9 Å². The molecule has 1 saturated carbocycles. The first-order valence-corrected chi connectivity index (χ1v) is 15.2. The topological polar surface area (TPSA) is 88.6 Å². The van der Waals surface area contributed by atoms with Crippen molar-refractivity contribution in [2.45, 2.75) is 64.8 Å². The molecule has 2 aromatic rings. The van der Waals surface area contributed by atoms with Crippen molar-refractivity contribution in [3.8, 4) is 5.75 Å². The van der Waals surface area contributed by atoms with Crippen LogP contribution in [0.4, 0.5) is 11.6 Å². The summed E-state index contributed by atoms with van der Waals surface area (Å²) in [6.07, 6.45) is 9.51. The van der Waals surface area contributed by atoms with Crippen LogP contribution in [-0.2, 0) is 11.2 Å². The molecule has 0 spiro atoms. The lowest BCUT2D eigenvalue weighted by Gasteiger charge is -2.32. The molecule has 40 heavy (non-hydrogen) atoms. The number of carbonyl (C=O) groups is 1. The molecular weight excluding hydrogens is 549 g/mol. The van der Waals surface area contributed by atoms with Crippen LogP contribution < -0.4 is 15.4 Å². The molecule has 1 aromatic heterocycles. The van der Waals surface area contributed by atoms with Gasteiger partial charge in [0.2, 0.25) is 5.95 Å². The Balaban J connectivity index is 1.41. The van der Waals surface area contributed by atoms with E-state index in [9.17, 15) is 4.79 Å². The average Bonchev–Trinajstić information content (AvgIpc) is 3.49. The normalized spacial score (nSPS) is 18.4. The van der Waals surface area contributed by atoms with Crippen LogP contribution in [0.15, 0.2) is 18.3 Å². The highest BCUT2D eigenvalue weighted by molar-refractivity contribution is 6.34. The summed E-state index contributed by atoms with van der Waals surface area (Å²) in [7, 11) is 3.27. The Hall–Kier alpha value is -2.13. The SMILES string of the molecule is COCCN1CCC(NC(=O)c2cc(OC)c(Nc3ncc(Cl)c(CC(C)C(C)C4CCCC4)n3)cc2Cl)CC1. The zero-order chi connectivity index (χ0) is 28.6. The Morgan fingerprint density at radius 2 is 1.82 bits per heavy atom. The maximum absolute atomic E-state index is 13.1. The molecule has 1 saturated heterocycles. The van der Waals surface area contributed by atoms with Crippen molar-refractivity contribution in [1.82, 2.24) is 20.2 Å². The Kier molecular flexibility index (Phi) is 11.3. The van der Waals surface area contributed by atoms with E-state index in [1.54, 1.807) is 32.5 Å². The first-order valence-electron chi connectivity index (χ1n) is 14.5. The Morgan fingerprint density at radius 1 is 1.10 bits per heavy atom. The summed E-state index contributed by atoms with van der Waals surface area (Å²) in [5.41, 5.74) is 1.78. The number of hydrogen-bond donors (Lipinski definition) is 2. The number of piperidine rings is 1. The fraction of sp³-hybridized carbons (Fsp3) is 0.633. The Morgan fingerprint density at radius 3 is 2.50 bits per heavy atom. The minimum absolute atomic E-state index is 0.103. The second-order valence-corrected chi connectivity index (χ2v) is 12.1. The van der Waals surface area contributed by atoms with Gasteiger partial charge in [0, 0.05) is 32.8 Å². The maximum Gasteiger partial charge on any atom is 0.253 e. The van der Waals surface area contributed by atoms with Gasteiger partial charge in [-0.05, 0) is 49.1 Å². The fourth-order valence-electron chi connectivity index (χ4n) is 5.94. The first kappa shape index (κ1) is 30.8. The van der Waals surface area contributed by atoms with Gasteiger partial charge in [0.25, 0.3) is 5.91 Å². The van der Waals surface area contributed by atoms with Gasteiger partial charge in [-0.25, -0.2) is 9.97 Å². The van der Waals surface area contributed by atoms with Crippen molar-refractivity contribution in [3.63, 3.8) is 0 Å². The average molecular weight is 593 g/mol. The molecule has 1 amide bonds. The van der Waals surface area contributed by atoms with Gasteiger partial charge < -0.3 is 25.0 Å². The number of carbonyl (C=O) groups excluding carboxylic acids is 1. The van der Waals surface area contributed by atoms with Crippen molar-refractivity contribution in [1.29, 1.82) is 0 Å². The number of aromatic nitrogens is 2. The summed E-state index contributed by atoms with van der Waals surface area (Å²) in [6.45, 7) is 8.11. The third-order valence-corrected chi connectivity index (χ3v) is 9.32. The molecule has 4 rings (SSSR count). The summed E-state index contributed by atoms with van der Waals surface area (Å²) in [4.78, 5) is 24.6. The second kappa shape index (κ2) is 14.7. The zero-order valence-electron chi connectivity index (χ0n) is 24.1. The van der Waals surface area contributed by atoms with Crippen LogP contribution in [0.5, 0.6) is 5.75 Å². The van der Waals surface area contributed by atoms with E-state index in [-0.39, 0.29) is 11.9 Å². The number of anilines is 2. The maximum atomic E-state index is 13.1. The monoisotopic (exact) mass is 591 g/mol. The van der Waals surface area contributed by atoms with Gasteiger partial charge in [-0.1, -0.05) is 62.7 Å². The number of rotatable bonds is 12. The molecule has 0 radical (unpaired) electrons. The van der Waals surface area contributed by atoms with Crippen LogP contribution in [0, 0.1) is 17.8 Å². The van der Waals surface area contributed by atoms with Crippen LogP contribution in [0.1, 0.15) is 68.4 Å². The van der Waals surface area contributed by atoms with Crippen molar-refractivity contribution in [2.24, 2.45) is 17.8 Å². The third kappa shape index (κ3) is 7.99. The molecule has 2 fully saturated rings. The lowest BCUT2D eigenvalue weighted by molar-refractivity contribution is 0.0892. The fourth-order valence-corrected chi connectivity index (χ4v) is 6.36. The number of likely N-dealkylation sites (tertiary alicyclic amines) is 1. The summed E-state index contributed by atoms with van der Waals surface area (Å²) < 4.78 is 10.8. The number of methoxy groups -OCH3 is 2. The van der Waals surface area contributed by atoms with Gasteiger partial charge >= 0.3 is 0 Å². The Bertz CT molecular complexity index is 1140. The van der Waals surface area contributed by atoms with Crippen molar-refractivity contribution >= 4 is 40.7 Å². The smallest absolute Gasteiger partial charge is 0.253 e. The predicted octanol–water partition coefficient (Wildman–Crippen LogP) is 6.38. The van der Waals surface area contributed by atoms with Crippen LogP contribution in [0.2, 0.25) is 10.0 Å². The van der Waals surface area contributed by atoms with E-state index < -0.39 is 0 Å². The molecule has 2 N–H and O–H groups in total. The molecule has 1 aliphatic carbocycles. The van der Waals surface area contributed by atoms with E-state index in [0.717, 1.165) is 50.5 Å². The minimum Gasteiger partial charge on any atom is -0.495 e. The summed E-state index contributed by atoms with van der Waals surface area (Å²) in [5, 5.41) is 7.25. The quantitative estimate of drug-likeness (QED) is 0.296. The van der Waals surface area contributed by atoms with E-state index in [0.29, 0.717) is 51.4 Å². The summed E-state index contributed by atoms with van der Waals surface area (Å²) >= 11 is 13.1. The third-order valence-electron chi connectivity index (χ3n) is 8.69. The number of ether oxygens (including phenoxy) is 2. The lowest BCUT2D eigenvalue weighted by atomic mass is 9.81. The van der Waals surface area contributed by atoms with Gasteiger partial charge in [0.15, 0.2) is 0 Å². The van der Waals surface area contributed by atoms with E-state index in [1.165, 1.54) is 25.7 Å². The molecular formula is C30H43Cl2N5O3. The molecule has 10 heteroatoms. The molecule has 1 aliphatic heterocycles. The first-order chi connectivity index (χ1) is 19.3. The number of benzene rings is 1. The highest BCUT2D eigenvalue weighted by atomic mass is 35.5. The molecule has 2 unspecified atom stereocenters. The number of hydrogen-bond acceptors (Lipinski definition) is 7. The van der Waals surface area contributed by atoms with Crippen LogP contribution in [0.3, 0.4) is 0 Å². The molecule has 1 aromatic carbocycles. The number of halogens is 2. The summed E-state index contributed by atoms with van der Waals surface area (Å²) in [6, 6.07) is 3.45. The van der Waals surface area contributed by atoms with Crippen molar-refractivity contribution < 1.29 is 14.3 Å². The number of nitrogens with zero attached hydrogens (tertiary/aromatic N) is 3. The largest absolute Gasteiger partial charge is 0.495 e. The Labute approximate surface area is 248 Å². The van der Waals surface area contributed by atoms with Crippen LogP contribution >= 0.6 is 23.2 Å². The number of amides is 1. The van der Waals surface area contributed by atoms with E-state index in [1.807, 2.05) is 0 Å². The standard InChI is InChI=1S/C30H43Cl2N5O3/c1-19(20(2)21-7-5-6-8-21)15-26-25(32)18-33-30(35-26)36-27-17-24(31)23(16-28(27)40-4)29(38)34-22-9-11-37(12-10-22)13-14-39-3/h16-22H,5-15H2,1-4H3,(H,34,38)(H,33,35,36). The predicted molar refractivity (Wildman–Crippen MR) is 161 cm³/mol. The second-order valence-electron chi connectivity index (χ2n) is 11.3. The molecule has 2 heterocycles. The van der Waals surface area contributed by atoms with E-state index >= 15 is 0 Å². The molecule has 8 nitrogen and oxygen atoms in total. The van der Waals surface area contributed by atoms with Gasteiger partial charge in [0.1, 0.15) is 5.75 Å². The van der Waals surface area contributed by atoms with Gasteiger partial charge in [-0.15, -0.1) is 0 Å². The lowest BCUT2D eigenvalue weighted by Crippen LogP contribution is -2.45. The van der Waals surface area contributed by atoms with Crippen LogP contribution in [0.25, 0.3) is 0 Å². The van der Waals surface area contributed by atoms with Crippen molar-refractivity contribution in [2.75, 3.05) is 45.8 Å². The molecule has 2 atom stereocenters. The van der Waals surface area contributed by atoms with Crippen LogP contribution in [-0.4, -0.2) is 67.3 Å². The van der Waals surface area contributed by atoms with Gasteiger partial charge in [-0.2, -0.15) is 0 Å². The van der Waals surface area contributed by atoms with E-state index in [2.05, 4.69) is 34.4 Å². The molecule has 220 valence electrons.